The Morgan fingerprint density at radius 1 is 0.919 bits per heavy atom. The normalized spacial score (nSPS) is 17.3. The molecule has 2 atom stereocenters. The molecule has 0 saturated heterocycles. The van der Waals surface area contributed by atoms with Crippen LogP contribution in [-0.4, -0.2) is 10.9 Å². The van der Waals surface area contributed by atoms with Crippen LogP contribution in [0.4, 0.5) is 14.6 Å². The lowest BCUT2D eigenvalue weighted by Gasteiger charge is -2.40. The van der Waals surface area contributed by atoms with Crippen LogP contribution < -0.4 is 11.1 Å². The lowest BCUT2D eigenvalue weighted by Crippen LogP contribution is -2.27. The number of nitrogens with one attached hydrogen (secondary N) is 1. The van der Waals surface area contributed by atoms with Gasteiger partial charge in [-0.05, 0) is 96.0 Å². The van der Waals surface area contributed by atoms with Crippen molar-refractivity contribution in [3.8, 4) is 11.1 Å². The van der Waals surface area contributed by atoms with E-state index in [1.807, 2.05) is 44.2 Å². The Hall–Kier alpha value is -4.06. The number of nitrogens with two attached hydrogens (primary N) is 1. The van der Waals surface area contributed by atoms with E-state index in [-0.39, 0.29) is 17.7 Å². The molecule has 0 aliphatic heterocycles. The molecule has 2 unspecified atom stereocenters. The number of rotatable bonds is 4. The summed E-state index contributed by atoms with van der Waals surface area (Å²) in [7, 11) is 0. The Morgan fingerprint density at radius 2 is 1.62 bits per heavy atom. The number of amides is 1. The molecule has 3 aliphatic carbocycles. The van der Waals surface area contributed by atoms with Crippen LogP contribution in [0.5, 0.6) is 0 Å². The Balaban J connectivity index is 1.30. The average Bonchev–Trinajstić information content (AvgIpc) is 2.87. The second kappa shape index (κ2) is 8.80. The van der Waals surface area contributed by atoms with Crippen molar-refractivity contribution in [1.82, 2.24) is 10.3 Å². The second-order valence-electron chi connectivity index (χ2n) is 10.1. The summed E-state index contributed by atoms with van der Waals surface area (Å²) in [5.74, 6) is -0.428. The van der Waals surface area contributed by atoms with E-state index >= 15 is 0 Å². The highest BCUT2D eigenvalue weighted by Gasteiger charge is 2.37. The Morgan fingerprint density at radius 3 is 2.35 bits per heavy atom. The molecule has 4 nitrogen and oxygen atoms in total. The third-order valence-electron chi connectivity index (χ3n) is 7.92. The van der Waals surface area contributed by atoms with Crippen LogP contribution in [-0.2, 0) is 6.54 Å². The van der Waals surface area contributed by atoms with Crippen molar-refractivity contribution in [3.63, 3.8) is 0 Å². The summed E-state index contributed by atoms with van der Waals surface area (Å²) in [5, 5.41) is 3.04. The number of carbonyl (C=O) groups excluding carboxylic acids is 1. The van der Waals surface area contributed by atoms with Gasteiger partial charge in [0.25, 0.3) is 5.91 Å². The zero-order valence-electron chi connectivity index (χ0n) is 20.7. The molecule has 7 rings (SSSR count). The van der Waals surface area contributed by atoms with Crippen molar-refractivity contribution < 1.29 is 13.6 Å². The summed E-state index contributed by atoms with van der Waals surface area (Å²) in [6.45, 7) is 4.23. The molecule has 3 aromatic carbocycles. The maximum absolute atomic E-state index is 14.5. The van der Waals surface area contributed by atoms with E-state index in [0.717, 1.165) is 46.9 Å². The van der Waals surface area contributed by atoms with Crippen molar-refractivity contribution >= 4 is 11.7 Å². The van der Waals surface area contributed by atoms with Gasteiger partial charge in [-0.25, -0.2) is 13.8 Å². The van der Waals surface area contributed by atoms with Crippen molar-refractivity contribution in [3.05, 3.63) is 117 Å². The van der Waals surface area contributed by atoms with Gasteiger partial charge >= 0.3 is 0 Å². The van der Waals surface area contributed by atoms with E-state index in [1.165, 1.54) is 28.8 Å². The first-order chi connectivity index (χ1) is 17.8. The molecule has 37 heavy (non-hydrogen) atoms. The predicted octanol–water partition coefficient (Wildman–Crippen LogP) is 6.53. The zero-order chi connectivity index (χ0) is 25.8. The first-order valence-corrected chi connectivity index (χ1v) is 12.5. The largest absolute Gasteiger partial charge is 0.384 e. The van der Waals surface area contributed by atoms with Gasteiger partial charge < -0.3 is 11.1 Å². The highest BCUT2D eigenvalue weighted by Crippen LogP contribution is 2.53. The molecule has 4 aromatic rings. The third-order valence-corrected chi connectivity index (χ3v) is 7.92. The van der Waals surface area contributed by atoms with E-state index in [0.29, 0.717) is 23.5 Å². The molecule has 186 valence electrons. The van der Waals surface area contributed by atoms with Crippen molar-refractivity contribution in [2.24, 2.45) is 0 Å². The molecule has 3 N–H and O–H groups in total. The molecule has 0 radical (unpaired) electrons. The second-order valence-corrected chi connectivity index (χ2v) is 10.1. The van der Waals surface area contributed by atoms with E-state index in [9.17, 15) is 13.6 Å². The van der Waals surface area contributed by atoms with Crippen molar-refractivity contribution in [1.29, 1.82) is 0 Å². The summed E-state index contributed by atoms with van der Waals surface area (Å²) >= 11 is 0. The number of nitrogen functional groups attached to an aromatic ring is 1. The van der Waals surface area contributed by atoms with Crippen LogP contribution in [0.15, 0.2) is 60.7 Å². The van der Waals surface area contributed by atoms with Crippen molar-refractivity contribution in [2.45, 2.75) is 45.1 Å². The quantitative estimate of drug-likeness (QED) is 0.338. The van der Waals surface area contributed by atoms with Crippen LogP contribution in [0.25, 0.3) is 11.1 Å². The Kier molecular flexibility index (Phi) is 5.55. The summed E-state index contributed by atoms with van der Waals surface area (Å²) in [4.78, 5) is 17.4. The Bertz CT molecular complexity index is 1560. The van der Waals surface area contributed by atoms with Gasteiger partial charge in [0.1, 0.15) is 17.5 Å². The fraction of sp³-hybridized carbons (Fsp3) is 0.226. The molecule has 3 aliphatic rings. The molecule has 1 heterocycles. The summed E-state index contributed by atoms with van der Waals surface area (Å²) < 4.78 is 28.0. The van der Waals surface area contributed by atoms with Gasteiger partial charge in [-0.1, -0.05) is 24.3 Å². The van der Waals surface area contributed by atoms with Crippen LogP contribution in [0.3, 0.4) is 0 Å². The minimum atomic E-state index is -0.587. The number of halogens is 2. The predicted molar refractivity (Wildman–Crippen MR) is 140 cm³/mol. The number of aryl methyl sites for hydroxylation is 2. The van der Waals surface area contributed by atoms with Gasteiger partial charge in [0, 0.05) is 41.3 Å². The lowest BCUT2D eigenvalue weighted by atomic mass is 9.63. The standard InChI is InChI=1S/C31H27F2N3O/c1-16-11-30(34)36-17(2)28(16)15-35-31(37)19-4-7-24-22-9-10-25(27(24)13-19)26-12-18(3-6-23(22)26)21-8-5-20(32)14-29(21)33/h3-8,11-14,22,25H,9-10,15H2,1-2H3,(H2,34,36)(H,35,37). The molecule has 6 heteroatoms. The number of fused-ring (bicyclic) bond motifs is 1. The minimum absolute atomic E-state index is 0.136. The first kappa shape index (κ1) is 23.3. The van der Waals surface area contributed by atoms with Gasteiger partial charge in [-0.2, -0.15) is 0 Å². The molecular formula is C31H27F2N3O. The zero-order valence-corrected chi connectivity index (χ0v) is 20.7. The minimum Gasteiger partial charge on any atom is -0.384 e. The fourth-order valence-electron chi connectivity index (χ4n) is 6.14. The molecule has 1 aromatic heterocycles. The highest BCUT2D eigenvalue weighted by atomic mass is 19.1. The summed E-state index contributed by atoms with van der Waals surface area (Å²) in [6, 6.07) is 17.5. The number of hydrogen-bond acceptors (Lipinski definition) is 3. The number of carbonyl (C=O) groups is 1. The number of pyridine rings is 1. The fourth-order valence-corrected chi connectivity index (χ4v) is 6.14. The maximum Gasteiger partial charge on any atom is 0.251 e. The summed E-state index contributed by atoms with van der Waals surface area (Å²) in [5.41, 5.74) is 15.2. The van der Waals surface area contributed by atoms with Gasteiger partial charge in [-0.3, -0.25) is 4.79 Å². The van der Waals surface area contributed by atoms with E-state index in [2.05, 4.69) is 22.4 Å². The maximum atomic E-state index is 14.5. The smallest absolute Gasteiger partial charge is 0.251 e. The van der Waals surface area contributed by atoms with Crippen molar-refractivity contribution in [2.75, 3.05) is 5.73 Å². The number of benzene rings is 3. The van der Waals surface area contributed by atoms with E-state index < -0.39 is 11.6 Å². The van der Waals surface area contributed by atoms with E-state index in [1.54, 1.807) is 0 Å². The van der Waals surface area contributed by atoms with Gasteiger partial charge in [0.05, 0.1) is 0 Å². The molecule has 1 amide bonds. The van der Waals surface area contributed by atoms with Crippen LogP contribution in [0.1, 0.15) is 74.1 Å². The summed E-state index contributed by atoms with van der Waals surface area (Å²) in [6.07, 6.45) is 2.02. The number of aromatic nitrogens is 1. The monoisotopic (exact) mass is 495 g/mol. The molecular weight excluding hydrogens is 468 g/mol. The Labute approximate surface area is 214 Å². The lowest BCUT2D eigenvalue weighted by molar-refractivity contribution is 0.0950. The number of nitrogens with zero attached hydrogens (tertiary/aromatic N) is 1. The first-order valence-electron chi connectivity index (χ1n) is 12.5. The van der Waals surface area contributed by atoms with Gasteiger partial charge in [0.2, 0.25) is 0 Å². The molecule has 0 fully saturated rings. The van der Waals surface area contributed by atoms with E-state index in [4.69, 9.17) is 5.73 Å². The van der Waals surface area contributed by atoms with Gasteiger partial charge in [0.15, 0.2) is 0 Å². The third kappa shape index (κ3) is 3.97. The molecule has 2 bridgehead atoms. The molecule has 0 saturated carbocycles. The molecule has 0 spiro atoms. The highest BCUT2D eigenvalue weighted by molar-refractivity contribution is 5.94. The topological polar surface area (TPSA) is 68.0 Å². The van der Waals surface area contributed by atoms with Crippen LogP contribution >= 0.6 is 0 Å². The number of anilines is 1. The average molecular weight is 496 g/mol. The van der Waals surface area contributed by atoms with Gasteiger partial charge in [-0.15, -0.1) is 0 Å². The number of hydrogen-bond donors (Lipinski definition) is 2. The SMILES string of the molecule is Cc1cc(N)nc(C)c1CNC(=O)c1ccc2c(c1)C1CCC2c2ccc(-c3ccc(F)cc3F)cc21. The van der Waals surface area contributed by atoms with Crippen LogP contribution in [0.2, 0.25) is 0 Å². The van der Waals surface area contributed by atoms with Crippen LogP contribution in [0, 0.1) is 25.5 Å².